The maximum Gasteiger partial charge on any atom is 1.00 e. The van der Waals surface area contributed by atoms with Crippen molar-refractivity contribution < 1.29 is 33.5 Å². The molecule has 0 aromatic carbocycles. The molecule has 4 heteroatoms. The smallest absolute Gasteiger partial charge is 0.547 e. The first-order valence-electron chi connectivity index (χ1n) is 2.90. The van der Waals surface area contributed by atoms with Crippen LogP contribution in [-0.2, 0) is 9.53 Å². The van der Waals surface area contributed by atoms with Gasteiger partial charge in [-0.05, 0) is 13.8 Å². The predicted molar refractivity (Wildman–Crippen MR) is 28.6 cm³/mol. The van der Waals surface area contributed by atoms with Crippen molar-refractivity contribution in [2.75, 3.05) is 0 Å². The molecule has 0 aliphatic carbocycles. The molecule has 0 spiro atoms. The summed E-state index contributed by atoms with van der Waals surface area (Å²) in [6.07, 6.45) is -0.102. The molecule has 1 saturated heterocycles. The van der Waals surface area contributed by atoms with Crippen LogP contribution in [0.2, 0.25) is 0 Å². The van der Waals surface area contributed by atoms with E-state index in [0.717, 1.165) is 0 Å². The molecule has 52 valence electrons. The van der Waals surface area contributed by atoms with E-state index in [2.05, 4.69) is 0 Å². The largest absolute Gasteiger partial charge is 1.00 e. The summed E-state index contributed by atoms with van der Waals surface area (Å²) in [6, 6.07) is 0. The van der Waals surface area contributed by atoms with Crippen LogP contribution in [0.4, 0.5) is 0 Å². The fourth-order valence-corrected chi connectivity index (χ4v) is 0.953. The minimum Gasteiger partial charge on any atom is -0.547 e. The summed E-state index contributed by atoms with van der Waals surface area (Å²) in [6.45, 7) is 3.71. The van der Waals surface area contributed by atoms with Gasteiger partial charge in [-0.25, -0.2) is 0 Å². The molecule has 0 radical (unpaired) electrons. The van der Waals surface area contributed by atoms with Crippen LogP contribution in [0.3, 0.4) is 0 Å². The van der Waals surface area contributed by atoms with E-state index in [4.69, 9.17) is 4.74 Å². The number of carboxylic acids is 1. The van der Waals surface area contributed by atoms with Crippen molar-refractivity contribution in [1.82, 2.24) is 0 Å². The van der Waals surface area contributed by atoms with Gasteiger partial charge in [-0.2, -0.15) is 0 Å². The number of carboxylic acid groups (broad SMARTS) is 1. The van der Waals surface area contributed by atoms with E-state index in [0.29, 0.717) is 6.42 Å². The van der Waals surface area contributed by atoms with Gasteiger partial charge in [0, 0.05) is 6.42 Å². The Kier molecular flexibility index (Phi) is 2.96. The number of ether oxygens (including phenoxy) is 1. The number of rotatable bonds is 1. The monoisotopic (exact) mass is 136 g/mol. The summed E-state index contributed by atoms with van der Waals surface area (Å²) < 4.78 is 4.93. The molecule has 1 rings (SSSR count). The Morgan fingerprint density at radius 3 is 2.20 bits per heavy atom. The Morgan fingerprint density at radius 1 is 1.70 bits per heavy atom. The molecule has 0 amide bonds. The van der Waals surface area contributed by atoms with Gasteiger partial charge >= 0.3 is 18.9 Å². The molecule has 1 atom stereocenters. The van der Waals surface area contributed by atoms with Crippen LogP contribution in [-0.4, -0.2) is 17.7 Å². The van der Waals surface area contributed by atoms with Gasteiger partial charge in [-0.1, -0.05) is 0 Å². The molecule has 0 aromatic rings. The number of hydrogen-bond donors (Lipinski definition) is 0. The van der Waals surface area contributed by atoms with Gasteiger partial charge in [0.05, 0.1) is 11.6 Å². The summed E-state index contributed by atoms with van der Waals surface area (Å²) in [5, 5.41) is 10.0. The Morgan fingerprint density at radius 2 is 2.10 bits per heavy atom. The molecule has 3 nitrogen and oxygen atoms in total. The van der Waals surface area contributed by atoms with E-state index < -0.39 is 12.1 Å². The predicted octanol–water partition coefficient (Wildman–Crippen LogP) is -3.69. The molecule has 1 aliphatic heterocycles. The Labute approximate surface area is 71.9 Å². The van der Waals surface area contributed by atoms with Crippen LogP contribution in [0.15, 0.2) is 0 Å². The van der Waals surface area contributed by atoms with Gasteiger partial charge < -0.3 is 14.6 Å². The number of hydrogen-bond acceptors (Lipinski definition) is 3. The topological polar surface area (TPSA) is 49.4 Å². The average Bonchev–Trinajstić information content (AvgIpc) is 1.59. The fraction of sp³-hybridized carbons (Fsp3) is 0.833. The van der Waals surface area contributed by atoms with Crippen molar-refractivity contribution in [3.05, 3.63) is 0 Å². The average molecular weight is 136 g/mol. The second-order valence-electron chi connectivity index (χ2n) is 2.89. The molecule has 10 heavy (non-hydrogen) atoms. The van der Waals surface area contributed by atoms with Gasteiger partial charge in [-0.15, -0.1) is 0 Å². The van der Waals surface area contributed by atoms with Crippen LogP contribution in [0.1, 0.15) is 20.3 Å². The Hall–Kier alpha value is 0.0274. The first kappa shape index (κ1) is 10.0. The molecular weight excluding hydrogens is 127 g/mol. The fourth-order valence-electron chi connectivity index (χ4n) is 0.953. The third-order valence-corrected chi connectivity index (χ3v) is 1.40. The van der Waals surface area contributed by atoms with E-state index in [9.17, 15) is 9.90 Å². The third kappa shape index (κ3) is 2.01. The number of carbonyl (C=O) groups is 1. The van der Waals surface area contributed by atoms with Crippen molar-refractivity contribution in [2.24, 2.45) is 0 Å². The van der Waals surface area contributed by atoms with Crippen LogP contribution in [0.5, 0.6) is 0 Å². The molecule has 0 bridgehead atoms. The molecular formula is C6H9LiO3. The van der Waals surface area contributed by atoms with E-state index in [1.165, 1.54) is 0 Å². The molecule has 1 heterocycles. The molecule has 0 aromatic heterocycles. The quantitative estimate of drug-likeness (QED) is 0.349. The van der Waals surface area contributed by atoms with Gasteiger partial charge in [0.2, 0.25) is 0 Å². The van der Waals surface area contributed by atoms with Crippen molar-refractivity contribution in [2.45, 2.75) is 32.0 Å². The van der Waals surface area contributed by atoms with Crippen LogP contribution < -0.4 is 24.0 Å². The zero-order valence-electron chi connectivity index (χ0n) is 6.51. The zero-order valence-corrected chi connectivity index (χ0v) is 6.51. The number of carbonyl (C=O) groups excluding carboxylic acids is 1. The SMILES string of the molecule is CC1(C)CC(C(=O)[O-])O1.[Li+]. The van der Waals surface area contributed by atoms with E-state index in [1.807, 2.05) is 13.8 Å². The van der Waals surface area contributed by atoms with E-state index in [-0.39, 0.29) is 24.5 Å². The van der Waals surface area contributed by atoms with Crippen LogP contribution >= 0.6 is 0 Å². The molecule has 0 saturated carbocycles. The van der Waals surface area contributed by atoms with Crippen molar-refractivity contribution >= 4 is 5.97 Å². The Bertz CT molecular complexity index is 136. The maximum atomic E-state index is 10.0. The van der Waals surface area contributed by atoms with Crippen molar-refractivity contribution in [3.8, 4) is 0 Å². The van der Waals surface area contributed by atoms with Crippen LogP contribution in [0, 0.1) is 0 Å². The minimum atomic E-state index is -1.10. The molecule has 1 aliphatic rings. The molecule has 1 unspecified atom stereocenters. The number of aliphatic carboxylic acids is 1. The zero-order chi connectivity index (χ0) is 7.07. The second-order valence-corrected chi connectivity index (χ2v) is 2.89. The first-order valence-corrected chi connectivity index (χ1v) is 2.90. The third-order valence-electron chi connectivity index (χ3n) is 1.40. The summed E-state index contributed by atoms with van der Waals surface area (Å²) >= 11 is 0. The maximum absolute atomic E-state index is 10.0. The molecule has 1 fully saturated rings. The second kappa shape index (κ2) is 2.96. The first-order chi connectivity index (χ1) is 4.01. The van der Waals surface area contributed by atoms with Gasteiger partial charge in [-0.3, -0.25) is 0 Å². The van der Waals surface area contributed by atoms with Gasteiger partial charge in [0.1, 0.15) is 6.10 Å². The Balaban J connectivity index is 0.000000810. The molecule has 0 N–H and O–H groups in total. The van der Waals surface area contributed by atoms with Crippen LogP contribution in [0.25, 0.3) is 0 Å². The van der Waals surface area contributed by atoms with Gasteiger partial charge in [0.25, 0.3) is 0 Å². The normalized spacial score (nSPS) is 28.0. The van der Waals surface area contributed by atoms with Gasteiger partial charge in [0.15, 0.2) is 0 Å². The summed E-state index contributed by atoms with van der Waals surface area (Å²) in [4.78, 5) is 10.0. The standard InChI is InChI=1S/C6H10O3.Li/c1-6(2)3-4(9-6)5(7)8;/h4H,3H2,1-2H3,(H,7,8);/q;+1/p-1. The van der Waals surface area contributed by atoms with E-state index >= 15 is 0 Å². The van der Waals surface area contributed by atoms with Crippen molar-refractivity contribution in [3.63, 3.8) is 0 Å². The van der Waals surface area contributed by atoms with E-state index in [1.54, 1.807) is 0 Å². The summed E-state index contributed by atoms with van der Waals surface area (Å²) in [5.74, 6) is -1.10. The minimum absolute atomic E-state index is 0. The van der Waals surface area contributed by atoms with Crippen molar-refractivity contribution in [1.29, 1.82) is 0 Å². The summed E-state index contributed by atoms with van der Waals surface area (Å²) in [7, 11) is 0. The summed E-state index contributed by atoms with van der Waals surface area (Å²) in [5.41, 5.74) is -0.245.